The molecule has 5 N–H and O–H groups in total. The SMILES string of the molecule is CN1CC[C@]23c4c5ccc(O)c4O[C@H]2C(=O)CC[C@H]3[C@H]1C5.CNC(=O)O.CNC(=O)O. The average Bonchev–Trinajstić information content (AvgIpc) is 3.10. The van der Waals surface area contributed by atoms with Gasteiger partial charge in [-0.25, -0.2) is 9.59 Å². The van der Waals surface area contributed by atoms with Gasteiger partial charge in [-0.15, -0.1) is 0 Å². The molecule has 2 bridgehead atoms. The zero-order chi connectivity index (χ0) is 22.9. The van der Waals surface area contributed by atoms with Crippen LogP contribution in [0, 0.1) is 5.92 Å². The van der Waals surface area contributed by atoms with Crippen LogP contribution >= 0.6 is 0 Å². The maximum absolute atomic E-state index is 12.5. The predicted molar refractivity (Wildman–Crippen MR) is 111 cm³/mol. The number of amides is 2. The molecule has 1 saturated carbocycles. The van der Waals surface area contributed by atoms with E-state index in [1.165, 1.54) is 19.7 Å². The van der Waals surface area contributed by atoms with Crippen molar-refractivity contribution in [3.63, 3.8) is 0 Å². The zero-order valence-corrected chi connectivity index (χ0v) is 17.8. The second-order valence-corrected chi connectivity index (χ2v) is 8.21. The number of nitrogens with one attached hydrogen (secondary N) is 2. The number of Topliss-reactive ketones (excluding diaryl/α,β-unsaturated/α-hetero) is 1. The van der Waals surface area contributed by atoms with E-state index in [0.29, 0.717) is 24.1 Å². The Morgan fingerprint density at radius 1 is 1.19 bits per heavy atom. The maximum Gasteiger partial charge on any atom is 0.404 e. The summed E-state index contributed by atoms with van der Waals surface area (Å²) in [4.78, 5) is 33.5. The van der Waals surface area contributed by atoms with Crippen molar-refractivity contribution in [1.29, 1.82) is 0 Å². The lowest BCUT2D eigenvalue weighted by Crippen LogP contribution is -2.65. The van der Waals surface area contributed by atoms with Gasteiger partial charge in [0.25, 0.3) is 0 Å². The molecule has 1 spiro atoms. The van der Waals surface area contributed by atoms with Crippen LogP contribution in [0.3, 0.4) is 0 Å². The molecule has 0 aromatic heterocycles. The number of phenols is 1. The fraction of sp³-hybridized carbons (Fsp3) is 0.571. The Morgan fingerprint density at radius 2 is 1.81 bits per heavy atom. The Bertz CT molecular complexity index is 876. The number of phenolic OH excluding ortho intramolecular Hbond substituents is 1. The molecule has 4 aliphatic rings. The number of likely N-dealkylation sites (N-methyl/N-ethyl adjacent to an activating group) is 1. The number of piperidine rings is 1. The maximum atomic E-state index is 12.5. The lowest BCUT2D eigenvalue weighted by atomic mass is 9.52. The highest BCUT2D eigenvalue weighted by atomic mass is 16.5. The van der Waals surface area contributed by atoms with Gasteiger partial charge in [-0.2, -0.15) is 0 Å². The van der Waals surface area contributed by atoms with E-state index >= 15 is 0 Å². The Labute approximate surface area is 180 Å². The quantitative estimate of drug-likeness (QED) is 0.411. The second kappa shape index (κ2) is 8.62. The van der Waals surface area contributed by atoms with Gasteiger partial charge in [0.2, 0.25) is 0 Å². The monoisotopic (exact) mass is 435 g/mol. The molecular formula is C21H29N3O7. The minimum absolute atomic E-state index is 0.172. The molecule has 2 aliphatic heterocycles. The van der Waals surface area contributed by atoms with Crippen molar-refractivity contribution >= 4 is 18.0 Å². The molecule has 2 fully saturated rings. The third-order valence-corrected chi connectivity index (χ3v) is 6.81. The largest absolute Gasteiger partial charge is 0.504 e. The first-order valence-corrected chi connectivity index (χ1v) is 10.2. The number of hydrogen-bond donors (Lipinski definition) is 5. The number of aromatic hydroxyl groups is 1. The van der Waals surface area contributed by atoms with Gasteiger partial charge >= 0.3 is 12.2 Å². The van der Waals surface area contributed by atoms with Crippen molar-refractivity contribution in [2.45, 2.75) is 43.2 Å². The average molecular weight is 435 g/mol. The number of ether oxygens (including phenoxy) is 1. The van der Waals surface area contributed by atoms with E-state index < -0.39 is 12.2 Å². The number of benzene rings is 1. The van der Waals surface area contributed by atoms with E-state index in [9.17, 15) is 19.5 Å². The van der Waals surface area contributed by atoms with Crippen LogP contribution in [-0.4, -0.2) is 78.0 Å². The minimum atomic E-state index is -0.995. The first kappa shape index (κ1) is 22.7. The van der Waals surface area contributed by atoms with Crippen LogP contribution in [0.5, 0.6) is 11.5 Å². The summed E-state index contributed by atoms with van der Waals surface area (Å²) < 4.78 is 6.04. The summed E-state index contributed by atoms with van der Waals surface area (Å²) in [5.74, 6) is 1.50. The van der Waals surface area contributed by atoms with E-state index in [0.717, 1.165) is 31.4 Å². The fourth-order valence-electron chi connectivity index (χ4n) is 5.52. The number of rotatable bonds is 0. The van der Waals surface area contributed by atoms with Crippen molar-refractivity contribution in [3.8, 4) is 11.5 Å². The van der Waals surface area contributed by atoms with Crippen LogP contribution in [0.15, 0.2) is 12.1 Å². The van der Waals surface area contributed by atoms with Gasteiger partial charge in [0.1, 0.15) is 0 Å². The van der Waals surface area contributed by atoms with Crippen molar-refractivity contribution in [3.05, 3.63) is 23.3 Å². The molecule has 4 atom stereocenters. The van der Waals surface area contributed by atoms with Gasteiger partial charge < -0.3 is 35.6 Å². The van der Waals surface area contributed by atoms with Crippen LogP contribution in [0.2, 0.25) is 0 Å². The summed E-state index contributed by atoms with van der Waals surface area (Å²) >= 11 is 0. The zero-order valence-electron chi connectivity index (χ0n) is 17.8. The Balaban J connectivity index is 0.000000232. The summed E-state index contributed by atoms with van der Waals surface area (Å²) in [6, 6.07) is 4.26. The molecule has 2 amide bonds. The molecule has 0 unspecified atom stereocenters. The third-order valence-electron chi connectivity index (χ3n) is 6.81. The number of likely N-dealkylation sites (tertiary alicyclic amines) is 1. The molecule has 10 nitrogen and oxygen atoms in total. The summed E-state index contributed by atoms with van der Waals surface area (Å²) in [5, 5.41) is 29.3. The van der Waals surface area contributed by atoms with E-state index in [2.05, 4.69) is 11.9 Å². The lowest BCUT2D eigenvalue weighted by Gasteiger charge is -2.57. The molecule has 1 aromatic rings. The van der Waals surface area contributed by atoms with Crippen molar-refractivity contribution in [2.75, 3.05) is 27.7 Å². The normalized spacial score (nSPS) is 29.1. The smallest absolute Gasteiger partial charge is 0.404 e. The number of ketones is 1. The van der Waals surface area contributed by atoms with Crippen molar-refractivity contribution in [1.82, 2.24) is 15.5 Å². The highest BCUT2D eigenvalue weighted by molar-refractivity contribution is 5.89. The van der Waals surface area contributed by atoms with Gasteiger partial charge in [-0.05, 0) is 50.4 Å². The topological polar surface area (TPSA) is 148 Å². The molecule has 1 aromatic carbocycles. The van der Waals surface area contributed by atoms with E-state index in [-0.39, 0.29) is 23.1 Å². The molecule has 2 aliphatic carbocycles. The van der Waals surface area contributed by atoms with E-state index in [1.807, 2.05) is 16.7 Å². The fourth-order valence-corrected chi connectivity index (χ4v) is 5.52. The van der Waals surface area contributed by atoms with Crippen LogP contribution in [0.25, 0.3) is 0 Å². The molecule has 170 valence electrons. The predicted octanol–water partition coefficient (Wildman–Crippen LogP) is 1.40. The third kappa shape index (κ3) is 3.76. The van der Waals surface area contributed by atoms with Crippen LogP contribution in [0.1, 0.15) is 30.4 Å². The number of carbonyl (C=O) groups excluding carboxylic acids is 1. The highest BCUT2D eigenvalue weighted by Crippen LogP contribution is 2.62. The van der Waals surface area contributed by atoms with Gasteiger partial charge in [-0.1, -0.05) is 6.07 Å². The molecule has 1 saturated heterocycles. The second-order valence-electron chi connectivity index (χ2n) is 8.21. The van der Waals surface area contributed by atoms with Crippen LogP contribution in [0.4, 0.5) is 9.59 Å². The van der Waals surface area contributed by atoms with Gasteiger partial charge in [0, 0.05) is 37.5 Å². The summed E-state index contributed by atoms with van der Waals surface area (Å²) in [6.07, 6.45) is 1.19. The lowest BCUT2D eigenvalue weighted by molar-refractivity contribution is -0.138. The van der Waals surface area contributed by atoms with Gasteiger partial charge in [0.15, 0.2) is 23.4 Å². The molecular weight excluding hydrogens is 406 g/mol. The molecule has 2 heterocycles. The van der Waals surface area contributed by atoms with E-state index in [1.54, 1.807) is 6.07 Å². The highest BCUT2D eigenvalue weighted by Gasteiger charge is 2.65. The first-order valence-electron chi connectivity index (χ1n) is 10.2. The number of carboxylic acid groups (broad SMARTS) is 2. The first-order chi connectivity index (χ1) is 14.7. The molecule has 31 heavy (non-hydrogen) atoms. The Kier molecular flexibility index (Phi) is 6.30. The Hall–Kier alpha value is -3.01. The van der Waals surface area contributed by atoms with Crippen molar-refractivity contribution < 1.29 is 34.4 Å². The number of hydrogen-bond acceptors (Lipinski definition) is 6. The molecule has 10 heteroatoms. The Morgan fingerprint density at radius 3 is 2.39 bits per heavy atom. The van der Waals surface area contributed by atoms with Crippen LogP contribution in [-0.2, 0) is 16.6 Å². The minimum Gasteiger partial charge on any atom is -0.504 e. The summed E-state index contributed by atoms with van der Waals surface area (Å²) in [7, 11) is 4.90. The number of nitrogens with zero attached hydrogens (tertiary/aromatic N) is 1. The van der Waals surface area contributed by atoms with E-state index in [4.69, 9.17) is 14.9 Å². The standard InChI is InChI=1S/C17H19NO3.2C2H5NO2/c1-18-7-6-17-10-3-5-13(20)16(17)21-15-12(19)4-2-9(14(15)17)8-11(10)18;2*1-3-2(4)5/h2,4,10-11,16,19H,3,5-8H2,1H3;2*3H,1H3,(H,4,5)/t10-,11+,16-,17-;;/m0../s1. The molecule has 0 radical (unpaired) electrons. The summed E-state index contributed by atoms with van der Waals surface area (Å²) in [5.41, 5.74) is 2.26. The van der Waals surface area contributed by atoms with Crippen molar-refractivity contribution in [2.24, 2.45) is 5.92 Å². The summed E-state index contributed by atoms with van der Waals surface area (Å²) in [6.45, 7) is 1.00. The van der Waals surface area contributed by atoms with Crippen LogP contribution < -0.4 is 15.4 Å². The van der Waals surface area contributed by atoms with Gasteiger partial charge in [0.05, 0.1) is 0 Å². The molecule has 5 rings (SSSR count). The number of carbonyl (C=O) groups is 3. The van der Waals surface area contributed by atoms with Gasteiger partial charge in [-0.3, -0.25) is 4.79 Å².